The number of fused-ring (bicyclic) bond motifs is 3. The van der Waals surface area contributed by atoms with E-state index in [1.165, 1.54) is 11.1 Å². The number of amides is 1. The molecule has 40 heavy (non-hydrogen) atoms. The lowest BCUT2D eigenvalue weighted by molar-refractivity contribution is -0.0616. The Hall–Kier alpha value is -2.29. The van der Waals surface area contributed by atoms with E-state index in [-0.39, 0.29) is 28.1 Å². The van der Waals surface area contributed by atoms with Crippen molar-refractivity contribution in [2.45, 2.75) is 77.2 Å². The average molecular weight is 589 g/mol. The van der Waals surface area contributed by atoms with Gasteiger partial charge < -0.3 is 14.7 Å². The van der Waals surface area contributed by atoms with Gasteiger partial charge in [0.25, 0.3) is 5.91 Å². The van der Waals surface area contributed by atoms with E-state index >= 15 is 0 Å². The number of hydrogen-bond donors (Lipinski definition) is 2. The summed E-state index contributed by atoms with van der Waals surface area (Å²) in [4.78, 5) is 15.4. The number of aryl methyl sites for hydroxylation is 1. The maximum absolute atomic E-state index is 13.1. The molecule has 218 valence electrons. The van der Waals surface area contributed by atoms with Gasteiger partial charge in [-0.1, -0.05) is 37.9 Å². The van der Waals surface area contributed by atoms with Crippen molar-refractivity contribution in [1.82, 2.24) is 4.72 Å². The van der Waals surface area contributed by atoms with Gasteiger partial charge in [-0.05, 0) is 98.2 Å². The number of ether oxygens (including phenoxy) is 1. The van der Waals surface area contributed by atoms with Crippen LogP contribution in [0.5, 0.6) is 5.75 Å². The Morgan fingerprint density at radius 1 is 1.25 bits per heavy atom. The minimum Gasteiger partial charge on any atom is -0.490 e. The second-order valence-electron chi connectivity index (χ2n) is 12.3. The van der Waals surface area contributed by atoms with Gasteiger partial charge in [0.1, 0.15) is 5.75 Å². The molecule has 2 N–H and O–H groups in total. The van der Waals surface area contributed by atoms with Crippen LogP contribution in [-0.2, 0) is 21.9 Å². The highest BCUT2D eigenvalue weighted by Gasteiger charge is 2.48. The van der Waals surface area contributed by atoms with E-state index in [0.717, 1.165) is 49.2 Å². The van der Waals surface area contributed by atoms with E-state index in [1.807, 2.05) is 19.9 Å². The van der Waals surface area contributed by atoms with Crippen LogP contribution in [0.4, 0.5) is 5.69 Å². The number of halogens is 1. The highest BCUT2D eigenvalue weighted by Crippen LogP contribution is 2.51. The number of aliphatic hydroxyl groups excluding tert-OH is 1. The molecule has 0 unspecified atom stereocenters. The van der Waals surface area contributed by atoms with Crippen molar-refractivity contribution in [3.63, 3.8) is 0 Å². The molecular weight excluding hydrogens is 548 g/mol. The molecule has 7 nitrogen and oxygen atoms in total. The number of hydrogen-bond acceptors (Lipinski definition) is 6. The van der Waals surface area contributed by atoms with Gasteiger partial charge in [-0.3, -0.25) is 4.79 Å². The van der Waals surface area contributed by atoms with Crippen LogP contribution in [0.25, 0.3) is 0 Å². The van der Waals surface area contributed by atoms with Crippen molar-refractivity contribution < 1.29 is 23.1 Å². The monoisotopic (exact) mass is 588 g/mol. The standard InChI is InChI=1S/C31H41ClN2O5S/c1-4-5-15-40(37,38)33-29(36)23-8-11-28-27(17-23)34(18-24-12-14-30(24,3)21(2)35)19-31(20-39-28)13-6-7-22-16-25(32)9-10-26(22)31/h8-11,16-17,21,24,35H,4-7,12-15,18-20H2,1-3H3,(H,33,36)/t21-,24+,30-,31+/m1/s1. The zero-order valence-corrected chi connectivity index (χ0v) is 25.3. The van der Waals surface area contributed by atoms with Crippen LogP contribution < -0.4 is 14.4 Å². The lowest BCUT2D eigenvalue weighted by Gasteiger charge is -2.52. The number of benzene rings is 2. The van der Waals surface area contributed by atoms with Gasteiger partial charge in [-0.2, -0.15) is 0 Å². The Morgan fingerprint density at radius 3 is 2.75 bits per heavy atom. The Bertz CT molecular complexity index is 1380. The van der Waals surface area contributed by atoms with Crippen molar-refractivity contribution in [1.29, 1.82) is 0 Å². The second kappa shape index (κ2) is 11.2. The van der Waals surface area contributed by atoms with Gasteiger partial charge in [0.15, 0.2) is 0 Å². The van der Waals surface area contributed by atoms with E-state index in [0.29, 0.717) is 31.9 Å². The smallest absolute Gasteiger partial charge is 0.264 e. The largest absolute Gasteiger partial charge is 0.490 e. The summed E-state index contributed by atoms with van der Waals surface area (Å²) in [7, 11) is -3.71. The number of nitrogens with one attached hydrogen (secondary N) is 1. The summed E-state index contributed by atoms with van der Waals surface area (Å²) in [6, 6.07) is 11.3. The van der Waals surface area contributed by atoms with Crippen molar-refractivity contribution in [2.75, 3.05) is 30.3 Å². The highest BCUT2D eigenvalue weighted by molar-refractivity contribution is 7.90. The molecule has 2 aromatic carbocycles. The summed E-state index contributed by atoms with van der Waals surface area (Å²) < 4.78 is 33.6. The normalized spacial score (nSPS) is 26.6. The van der Waals surface area contributed by atoms with Crippen LogP contribution in [0.15, 0.2) is 36.4 Å². The fourth-order valence-corrected chi connectivity index (χ4v) is 8.13. The third-order valence-electron chi connectivity index (χ3n) is 9.67. The molecule has 1 fully saturated rings. The molecule has 0 aromatic heterocycles. The number of nitrogens with zero attached hydrogens (tertiary/aromatic N) is 1. The molecular formula is C31H41ClN2O5S. The van der Waals surface area contributed by atoms with Crippen molar-refractivity contribution in [2.24, 2.45) is 11.3 Å². The molecule has 2 aliphatic carbocycles. The number of carbonyl (C=O) groups is 1. The van der Waals surface area contributed by atoms with Crippen LogP contribution in [0.1, 0.15) is 80.8 Å². The van der Waals surface area contributed by atoms with Crippen LogP contribution in [0.2, 0.25) is 5.02 Å². The average Bonchev–Trinajstić information content (AvgIpc) is 3.06. The molecule has 1 spiro atoms. The van der Waals surface area contributed by atoms with Crippen LogP contribution in [0, 0.1) is 11.3 Å². The first kappa shape index (κ1) is 29.2. The number of sulfonamides is 1. The minimum atomic E-state index is -3.71. The van der Waals surface area contributed by atoms with Gasteiger partial charge in [0.2, 0.25) is 10.0 Å². The second-order valence-corrected chi connectivity index (χ2v) is 14.6. The summed E-state index contributed by atoms with van der Waals surface area (Å²) in [5.41, 5.74) is 3.15. The lowest BCUT2D eigenvalue weighted by atomic mass is 9.58. The minimum absolute atomic E-state index is 0.0824. The summed E-state index contributed by atoms with van der Waals surface area (Å²) >= 11 is 6.37. The molecule has 3 aliphatic rings. The Morgan fingerprint density at radius 2 is 2.05 bits per heavy atom. The Kier molecular flexibility index (Phi) is 8.16. The van der Waals surface area contributed by atoms with Crippen LogP contribution in [-0.4, -0.2) is 51.0 Å². The number of aliphatic hydroxyl groups is 1. The van der Waals surface area contributed by atoms with Gasteiger partial charge in [0, 0.05) is 29.1 Å². The van der Waals surface area contributed by atoms with Gasteiger partial charge >= 0.3 is 0 Å². The molecule has 1 heterocycles. The molecule has 5 rings (SSSR count). The fourth-order valence-electron chi connectivity index (χ4n) is 6.76. The molecule has 1 saturated carbocycles. The predicted octanol–water partition coefficient (Wildman–Crippen LogP) is 5.47. The van der Waals surface area contributed by atoms with Gasteiger partial charge in [-0.15, -0.1) is 0 Å². The molecule has 4 atom stereocenters. The first-order valence-corrected chi connectivity index (χ1v) is 16.5. The molecule has 2 aromatic rings. The first-order chi connectivity index (χ1) is 19.0. The summed E-state index contributed by atoms with van der Waals surface area (Å²) in [6.07, 6.45) is 5.75. The van der Waals surface area contributed by atoms with Crippen LogP contribution >= 0.6 is 11.6 Å². The summed E-state index contributed by atoms with van der Waals surface area (Å²) in [5, 5.41) is 11.3. The van der Waals surface area contributed by atoms with E-state index in [2.05, 4.69) is 28.7 Å². The first-order valence-electron chi connectivity index (χ1n) is 14.5. The SMILES string of the molecule is CCCCS(=O)(=O)NC(=O)c1ccc2c(c1)N(C[C@@H]1CC[C@]1(C)[C@@H](C)O)C[C@@]1(CCCc3cc(Cl)ccc31)CO2. The van der Waals surface area contributed by atoms with Gasteiger partial charge in [-0.25, -0.2) is 13.1 Å². The maximum Gasteiger partial charge on any atom is 0.264 e. The molecule has 0 saturated heterocycles. The number of carbonyl (C=O) groups excluding carboxylic acids is 1. The molecule has 9 heteroatoms. The number of anilines is 1. The molecule has 0 radical (unpaired) electrons. The van der Waals surface area contributed by atoms with Crippen LogP contribution in [0.3, 0.4) is 0 Å². The third-order valence-corrected chi connectivity index (χ3v) is 11.2. The zero-order chi connectivity index (χ0) is 28.7. The van der Waals surface area contributed by atoms with Crippen molar-refractivity contribution in [3.8, 4) is 5.75 Å². The zero-order valence-electron chi connectivity index (χ0n) is 23.7. The van der Waals surface area contributed by atoms with E-state index < -0.39 is 22.0 Å². The molecule has 0 bridgehead atoms. The molecule has 1 aliphatic heterocycles. The van der Waals surface area contributed by atoms with Crippen molar-refractivity contribution >= 4 is 33.2 Å². The quantitative estimate of drug-likeness (QED) is 0.424. The van der Waals surface area contributed by atoms with E-state index in [1.54, 1.807) is 18.2 Å². The third kappa shape index (κ3) is 5.59. The highest BCUT2D eigenvalue weighted by atomic mass is 35.5. The Labute approximate surface area is 243 Å². The Balaban J connectivity index is 1.51. The number of unbranched alkanes of at least 4 members (excludes halogenated alkanes) is 1. The summed E-state index contributed by atoms with van der Waals surface area (Å²) in [6.45, 7) is 7.84. The van der Waals surface area contributed by atoms with E-state index in [4.69, 9.17) is 16.3 Å². The summed E-state index contributed by atoms with van der Waals surface area (Å²) in [5.74, 6) is 0.242. The van der Waals surface area contributed by atoms with Gasteiger partial charge in [0.05, 0.1) is 24.2 Å². The fraction of sp³-hybridized carbons (Fsp3) is 0.581. The topological polar surface area (TPSA) is 95.9 Å². The number of rotatable bonds is 8. The molecule has 1 amide bonds. The lowest BCUT2D eigenvalue weighted by Crippen LogP contribution is -2.53. The van der Waals surface area contributed by atoms with Crippen molar-refractivity contribution in [3.05, 3.63) is 58.1 Å². The predicted molar refractivity (Wildman–Crippen MR) is 159 cm³/mol. The maximum atomic E-state index is 13.1. The van der Waals surface area contributed by atoms with E-state index in [9.17, 15) is 18.3 Å².